The molecular formula is C18H32O4. The van der Waals surface area contributed by atoms with Gasteiger partial charge in [0.2, 0.25) is 0 Å². The molecule has 0 aromatic rings. The van der Waals surface area contributed by atoms with Crippen LogP contribution in [0.5, 0.6) is 0 Å². The standard InChI is InChI=1S/C18H32O4/c1-7-9-10-11-12-13-16(22-15(4)14(3)19)18(5,6)17(20)21-8-2/h14-16,19H,7-11H2,1-6H3/t14-,15+,16+/m0/s1. The predicted octanol–water partition coefficient (Wildman–Crippen LogP) is 3.31. The fraction of sp³-hybridized carbons (Fsp3) is 0.833. The van der Waals surface area contributed by atoms with Gasteiger partial charge in [-0.05, 0) is 41.0 Å². The van der Waals surface area contributed by atoms with Crippen molar-refractivity contribution in [1.82, 2.24) is 0 Å². The van der Waals surface area contributed by atoms with Crippen LogP contribution >= 0.6 is 0 Å². The van der Waals surface area contributed by atoms with Gasteiger partial charge in [-0.3, -0.25) is 4.79 Å². The summed E-state index contributed by atoms with van der Waals surface area (Å²) >= 11 is 0. The molecule has 0 aliphatic carbocycles. The molecule has 0 amide bonds. The van der Waals surface area contributed by atoms with Crippen molar-refractivity contribution in [2.24, 2.45) is 5.41 Å². The average Bonchev–Trinajstić information content (AvgIpc) is 2.45. The molecule has 0 aromatic heterocycles. The van der Waals surface area contributed by atoms with Crippen LogP contribution < -0.4 is 0 Å². The summed E-state index contributed by atoms with van der Waals surface area (Å²) in [6.45, 7) is 11.2. The van der Waals surface area contributed by atoms with Gasteiger partial charge in [-0.1, -0.05) is 25.7 Å². The van der Waals surface area contributed by atoms with Crippen LogP contribution in [-0.2, 0) is 14.3 Å². The first-order valence-electron chi connectivity index (χ1n) is 8.26. The van der Waals surface area contributed by atoms with E-state index in [9.17, 15) is 9.90 Å². The van der Waals surface area contributed by atoms with E-state index in [4.69, 9.17) is 9.47 Å². The molecule has 0 aliphatic rings. The molecule has 0 aliphatic heterocycles. The molecule has 128 valence electrons. The van der Waals surface area contributed by atoms with E-state index in [1.54, 1.807) is 34.6 Å². The fourth-order valence-corrected chi connectivity index (χ4v) is 1.77. The zero-order valence-corrected chi connectivity index (χ0v) is 14.9. The zero-order valence-electron chi connectivity index (χ0n) is 14.9. The molecular weight excluding hydrogens is 280 g/mol. The second-order valence-electron chi connectivity index (χ2n) is 6.18. The van der Waals surface area contributed by atoms with Gasteiger partial charge in [0.1, 0.15) is 6.10 Å². The van der Waals surface area contributed by atoms with E-state index >= 15 is 0 Å². The highest BCUT2D eigenvalue weighted by Gasteiger charge is 2.39. The van der Waals surface area contributed by atoms with Gasteiger partial charge in [0, 0.05) is 6.42 Å². The normalized spacial score (nSPS) is 15.4. The molecule has 22 heavy (non-hydrogen) atoms. The number of carbonyl (C=O) groups excluding carboxylic acids is 1. The minimum atomic E-state index is -0.878. The number of aliphatic hydroxyl groups excluding tert-OH is 1. The quantitative estimate of drug-likeness (QED) is 0.403. The van der Waals surface area contributed by atoms with Gasteiger partial charge in [-0.25, -0.2) is 0 Å². The molecule has 0 radical (unpaired) electrons. The van der Waals surface area contributed by atoms with E-state index in [1.807, 2.05) is 0 Å². The third kappa shape index (κ3) is 7.29. The van der Waals surface area contributed by atoms with Gasteiger partial charge in [-0.15, -0.1) is 5.92 Å². The molecule has 0 spiro atoms. The van der Waals surface area contributed by atoms with Crippen LogP contribution in [0.4, 0.5) is 0 Å². The Kier molecular flexibility index (Phi) is 10.1. The van der Waals surface area contributed by atoms with Gasteiger partial charge in [0.05, 0.1) is 24.2 Å². The lowest BCUT2D eigenvalue weighted by atomic mass is 9.86. The number of hydrogen-bond donors (Lipinski definition) is 1. The minimum absolute atomic E-state index is 0.324. The molecule has 4 heteroatoms. The van der Waals surface area contributed by atoms with Crippen molar-refractivity contribution < 1.29 is 19.4 Å². The summed E-state index contributed by atoms with van der Waals surface area (Å²) in [5, 5.41) is 9.63. The van der Waals surface area contributed by atoms with Crippen LogP contribution in [-0.4, -0.2) is 36.0 Å². The Bertz CT molecular complexity index is 376. The lowest BCUT2D eigenvalue weighted by Crippen LogP contribution is -2.42. The third-order valence-electron chi connectivity index (χ3n) is 3.63. The van der Waals surface area contributed by atoms with E-state index in [2.05, 4.69) is 18.8 Å². The Hall–Kier alpha value is -1.05. The van der Waals surface area contributed by atoms with Crippen molar-refractivity contribution in [3.63, 3.8) is 0 Å². The smallest absolute Gasteiger partial charge is 0.315 e. The lowest BCUT2D eigenvalue weighted by molar-refractivity contribution is -0.164. The second-order valence-corrected chi connectivity index (χ2v) is 6.18. The maximum Gasteiger partial charge on any atom is 0.315 e. The highest BCUT2D eigenvalue weighted by Crippen LogP contribution is 2.26. The number of unbranched alkanes of at least 4 members (excludes halogenated alkanes) is 3. The molecule has 1 N–H and O–H groups in total. The van der Waals surface area contributed by atoms with Gasteiger partial charge in [0.25, 0.3) is 0 Å². The van der Waals surface area contributed by atoms with Crippen LogP contribution in [0, 0.1) is 17.3 Å². The van der Waals surface area contributed by atoms with Crippen molar-refractivity contribution in [1.29, 1.82) is 0 Å². The Morgan fingerprint density at radius 1 is 1.23 bits per heavy atom. The van der Waals surface area contributed by atoms with Crippen molar-refractivity contribution >= 4 is 5.97 Å². The molecule has 0 saturated carbocycles. The third-order valence-corrected chi connectivity index (χ3v) is 3.63. The van der Waals surface area contributed by atoms with E-state index in [-0.39, 0.29) is 5.97 Å². The SMILES string of the molecule is CCCCCC#C[C@@H](O[C@H](C)[C@H](C)O)C(C)(C)C(=O)OCC. The summed E-state index contributed by atoms with van der Waals surface area (Å²) in [6, 6.07) is 0. The van der Waals surface area contributed by atoms with Crippen LogP contribution in [0.25, 0.3) is 0 Å². The molecule has 0 saturated heterocycles. The summed E-state index contributed by atoms with van der Waals surface area (Å²) in [6.07, 6.45) is 2.50. The number of rotatable bonds is 9. The summed E-state index contributed by atoms with van der Waals surface area (Å²) in [5.41, 5.74) is -0.878. The predicted molar refractivity (Wildman–Crippen MR) is 88.3 cm³/mol. The summed E-state index contributed by atoms with van der Waals surface area (Å²) in [7, 11) is 0. The summed E-state index contributed by atoms with van der Waals surface area (Å²) in [4.78, 5) is 12.2. The van der Waals surface area contributed by atoms with Crippen LogP contribution in [0.1, 0.15) is 67.2 Å². The number of ether oxygens (including phenoxy) is 2. The van der Waals surface area contributed by atoms with Crippen molar-refractivity contribution in [3.8, 4) is 11.8 Å². The second kappa shape index (κ2) is 10.6. The summed E-state index contributed by atoms with van der Waals surface area (Å²) in [5.74, 6) is 5.83. The Morgan fingerprint density at radius 3 is 2.36 bits per heavy atom. The van der Waals surface area contributed by atoms with E-state index in [0.29, 0.717) is 6.61 Å². The highest BCUT2D eigenvalue weighted by atomic mass is 16.5. The Labute approximate surface area is 135 Å². The van der Waals surface area contributed by atoms with Gasteiger partial charge in [-0.2, -0.15) is 0 Å². The van der Waals surface area contributed by atoms with E-state index in [0.717, 1.165) is 25.7 Å². The van der Waals surface area contributed by atoms with Gasteiger partial charge >= 0.3 is 5.97 Å². The molecule has 0 bridgehead atoms. The number of aliphatic hydroxyl groups is 1. The number of esters is 1. The monoisotopic (exact) mass is 312 g/mol. The minimum Gasteiger partial charge on any atom is -0.465 e. The zero-order chi connectivity index (χ0) is 17.2. The van der Waals surface area contributed by atoms with Crippen molar-refractivity contribution in [2.45, 2.75) is 85.5 Å². The van der Waals surface area contributed by atoms with Crippen molar-refractivity contribution in [2.75, 3.05) is 6.61 Å². The van der Waals surface area contributed by atoms with Crippen LogP contribution in [0.2, 0.25) is 0 Å². The van der Waals surface area contributed by atoms with Gasteiger partial charge < -0.3 is 14.6 Å². The van der Waals surface area contributed by atoms with Crippen molar-refractivity contribution in [3.05, 3.63) is 0 Å². The van der Waals surface area contributed by atoms with E-state index < -0.39 is 23.7 Å². The van der Waals surface area contributed by atoms with Crippen LogP contribution in [0.15, 0.2) is 0 Å². The molecule has 0 heterocycles. The Morgan fingerprint density at radius 2 is 1.86 bits per heavy atom. The maximum atomic E-state index is 12.2. The first-order chi connectivity index (χ1) is 10.3. The summed E-state index contributed by atoms with van der Waals surface area (Å²) < 4.78 is 11.0. The largest absolute Gasteiger partial charge is 0.465 e. The fourth-order valence-electron chi connectivity index (χ4n) is 1.77. The Balaban J connectivity index is 5.02. The van der Waals surface area contributed by atoms with Crippen LogP contribution in [0.3, 0.4) is 0 Å². The number of hydrogen-bond acceptors (Lipinski definition) is 4. The molecule has 0 rings (SSSR count). The number of carbonyl (C=O) groups is 1. The van der Waals surface area contributed by atoms with E-state index in [1.165, 1.54) is 0 Å². The molecule has 0 aromatic carbocycles. The maximum absolute atomic E-state index is 12.2. The molecule has 4 nitrogen and oxygen atoms in total. The van der Waals surface area contributed by atoms with Gasteiger partial charge in [0.15, 0.2) is 0 Å². The first-order valence-corrected chi connectivity index (χ1v) is 8.26. The first kappa shape index (κ1) is 20.9. The average molecular weight is 312 g/mol. The topological polar surface area (TPSA) is 55.8 Å². The lowest BCUT2D eigenvalue weighted by Gasteiger charge is -2.31. The molecule has 0 fully saturated rings. The molecule has 3 atom stereocenters. The molecule has 0 unspecified atom stereocenters. The highest BCUT2D eigenvalue weighted by molar-refractivity contribution is 5.77.